The molecule has 0 saturated carbocycles. The van der Waals surface area contributed by atoms with E-state index in [-0.39, 0.29) is 18.9 Å². The average Bonchev–Trinajstić information content (AvgIpc) is 2.99. The number of benzene rings is 1. The number of carbonyl (C=O) groups excluding carboxylic acids is 2. The third-order valence-electron chi connectivity index (χ3n) is 5.52. The Morgan fingerprint density at radius 2 is 2.17 bits per heavy atom. The van der Waals surface area contributed by atoms with Crippen molar-refractivity contribution in [2.75, 3.05) is 19.4 Å². The Bertz CT molecular complexity index is 900. The molecule has 2 aliphatic rings. The number of rotatable bonds is 7. The number of halogens is 1. The SMILES string of the molecule is C[C@@](CCN1Cc2cc(Br)ccc2C1=O)(C(=O)NOC1CCCCO1)S(C)(=O)=O. The fourth-order valence-electron chi connectivity index (χ4n) is 3.38. The highest BCUT2D eigenvalue weighted by Crippen LogP contribution is 2.28. The number of carbonyl (C=O) groups is 2. The second-order valence-corrected chi connectivity index (χ2v) is 11.0. The first-order chi connectivity index (χ1) is 13.6. The van der Waals surface area contributed by atoms with E-state index in [0.29, 0.717) is 25.1 Å². The van der Waals surface area contributed by atoms with Crippen molar-refractivity contribution in [3.05, 3.63) is 33.8 Å². The summed E-state index contributed by atoms with van der Waals surface area (Å²) < 4.78 is 29.4. The number of amides is 2. The summed E-state index contributed by atoms with van der Waals surface area (Å²) in [5.74, 6) is -0.934. The molecule has 0 aromatic heterocycles. The fourth-order valence-corrected chi connectivity index (χ4v) is 4.63. The number of hydroxylamine groups is 1. The topological polar surface area (TPSA) is 102 Å². The van der Waals surface area contributed by atoms with Crippen molar-refractivity contribution in [3.63, 3.8) is 0 Å². The molecule has 10 heteroatoms. The highest BCUT2D eigenvalue weighted by Gasteiger charge is 2.45. The summed E-state index contributed by atoms with van der Waals surface area (Å²) in [5, 5.41) is 0. The second-order valence-electron chi connectivity index (χ2n) is 7.63. The van der Waals surface area contributed by atoms with Crippen molar-refractivity contribution in [1.82, 2.24) is 10.4 Å². The van der Waals surface area contributed by atoms with Gasteiger partial charge in [0.2, 0.25) is 0 Å². The minimum absolute atomic E-state index is 0.0482. The molecule has 1 unspecified atom stereocenters. The zero-order valence-electron chi connectivity index (χ0n) is 16.4. The Labute approximate surface area is 178 Å². The molecule has 1 aromatic carbocycles. The van der Waals surface area contributed by atoms with E-state index >= 15 is 0 Å². The van der Waals surface area contributed by atoms with Crippen molar-refractivity contribution < 1.29 is 27.6 Å². The van der Waals surface area contributed by atoms with Crippen molar-refractivity contribution in [2.45, 2.75) is 50.2 Å². The van der Waals surface area contributed by atoms with Crippen LogP contribution in [-0.4, -0.2) is 55.6 Å². The van der Waals surface area contributed by atoms with Gasteiger partial charge < -0.3 is 9.64 Å². The maximum Gasteiger partial charge on any atom is 0.264 e. The summed E-state index contributed by atoms with van der Waals surface area (Å²) in [4.78, 5) is 32.1. The molecule has 2 heterocycles. The lowest BCUT2D eigenvalue weighted by molar-refractivity contribution is -0.201. The van der Waals surface area contributed by atoms with Crippen molar-refractivity contribution >= 4 is 37.6 Å². The Balaban J connectivity index is 1.66. The lowest BCUT2D eigenvalue weighted by atomic mass is 10.1. The van der Waals surface area contributed by atoms with Crippen LogP contribution in [0.15, 0.2) is 22.7 Å². The molecule has 1 aromatic rings. The predicted octanol–water partition coefficient (Wildman–Crippen LogP) is 2.17. The smallest absolute Gasteiger partial charge is 0.264 e. The fraction of sp³-hybridized carbons (Fsp3) is 0.579. The normalized spacial score (nSPS) is 21.6. The molecule has 3 rings (SSSR count). The minimum atomic E-state index is -3.78. The van der Waals surface area contributed by atoms with Gasteiger partial charge in [-0.1, -0.05) is 15.9 Å². The lowest BCUT2D eigenvalue weighted by Gasteiger charge is -2.29. The molecule has 1 saturated heterocycles. The van der Waals surface area contributed by atoms with Gasteiger partial charge in [0.15, 0.2) is 20.9 Å². The first-order valence-electron chi connectivity index (χ1n) is 9.47. The average molecular weight is 489 g/mol. The molecule has 29 heavy (non-hydrogen) atoms. The first kappa shape index (κ1) is 22.2. The van der Waals surface area contributed by atoms with Gasteiger partial charge in [0.1, 0.15) is 0 Å². The van der Waals surface area contributed by atoms with Crippen LogP contribution < -0.4 is 5.48 Å². The van der Waals surface area contributed by atoms with Gasteiger partial charge in [-0.25, -0.2) is 18.7 Å². The van der Waals surface area contributed by atoms with E-state index in [1.807, 2.05) is 6.07 Å². The maximum absolute atomic E-state index is 12.7. The van der Waals surface area contributed by atoms with Crippen LogP contribution in [0.2, 0.25) is 0 Å². The van der Waals surface area contributed by atoms with Gasteiger partial charge in [-0.3, -0.25) is 9.59 Å². The van der Waals surface area contributed by atoms with E-state index in [1.165, 1.54) is 6.92 Å². The number of hydrogen-bond donors (Lipinski definition) is 1. The van der Waals surface area contributed by atoms with E-state index < -0.39 is 26.8 Å². The molecule has 0 bridgehead atoms. The molecule has 1 fully saturated rings. The van der Waals surface area contributed by atoms with Crippen molar-refractivity contribution in [2.24, 2.45) is 0 Å². The zero-order valence-corrected chi connectivity index (χ0v) is 18.8. The molecule has 0 spiro atoms. The number of nitrogens with zero attached hydrogens (tertiary/aromatic N) is 1. The van der Waals surface area contributed by atoms with Crippen molar-refractivity contribution in [3.8, 4) is 0 Å². The van der Waals surface area contributed by atoms with Crippen LogP contribution in [0.25, 0.3) is 0 Å². The molecule has 1 N–H and O–H groups in total. The van der Waals surface area contributed by atoms with Gasteiger partial charge in [-0.05, 0) is 49.9 Å². The molecular weight excluding hydrogens is 464 g/mol. The van der Waals surface area contributed by atoms with E-state index in [1.54, 1.807) is 17.0 Å². The molecule has 2 amide bonds. The molecule has 8 nitrogen and oxygen atoms in total. The highest BCUT2D eigenvalue weighted by atomic mass is 79.9. The van der Waals surface area contributed by atoms with E-state index in [0.717, 1.165) is 29.1 Å². The number of sulfone groups is 1. The third kappa shape index (κ3) is 4.82. The van der Waals surface area contributed by atoms with Crippen LogP contribution in [0.5, 0.6) is 0 Å². The van der Waals surface area contributed by atoms with Crippen molar-refractivity contribution in [1.29, 1.82) is 0 Å². The van der Waals surface area contributed by atoms with Crippen LogP contribution in [0.3, 0.4) is 0 Å². The second kappa shape index (κ2) is 8.71. The van der Waals surface area contributed by atoms with E-state index in [4.69, 9.17) is 9.57 Å². The van der Waals surface area contributed by atoms with Gasteiger partial charge in [-0.15, -0.1) is 0 Å². The maximum atomic E-state index is 12.7. The van der Waals surface area contributed by atoms with Crippen LogP contribution in [0.4, 0.5) is 0 Å². The summed E-state index contributed by atoms with van der Waals surface area (Å²) in [7, 11) is -3.78. The predicted molar refractivity (Wildman–Crippen MR) is 110 cm³/mol. The standard InChI is InChI=1S/C19H25BrN2O6S/c1-19(29(2,25)26,18(24)21-28-16-5-3-4-10-27-16)8-9-22-12-13-11-14(20)6-7-15(13)17(22)23/h6-7,11,16H,3-5,8-10,12H2,1-2H3,(H,21,24)/t16?,19-/m1/s1. The summed E-state index contributed by atoms with van der Waals surface area (Å²) >= 11 is 3.38. The quantitative estimate of drug-likeness (QED) is 0.590. The van der Waals surface area contributed by atoms with E-state index in [9.17, 15) is 18.0 Å². The molecular formula is C19H25BrN2O6S. The lowest BCUT2D eigenvalue weighted by Crippen LogP contribution is -2.52. The molecule has 2 aliphatic heterocycles. The minimum Gasteiger partial charge on any atom is -0.350 e. The highest BCUT2D eigenvalue weighted by molar-refractivity contribution is 9.10. The number of nitrogens with one attached hydrogen (secondary N) is 1. The largest absolute Gasteiger partial charge is 0.350 e. The van der Waals surface area contributed by atoms with Gasteiger partial charge in [-0.2, -0.15) is 0 Å². The summed E-state index contributed by atoms with van der Waals surface area (Å²) in [5.41, 5.74) is 3.72. The van der Waals surface area contributed by atoms with Gasteiger partial charge in [0.05, 0.1) is 0 Å². The van der Waals surface area contributed by atoms with Crippen LogP contribution >= 0.6 is 15.9 Å². The van der Waals surface area contributed by atoms with Crippen LogP contribution in [0.1, 0.15) is 48.5 Å². The molecule has 0 radical (unpaired) electrons. The van der Waals surface area contributed by atoms with Gasteiger partial charge >= 0.3 is 0 Å². The van der Waals surface area contributed by atoms with Gasteiger partial charge in [0, 0.05) is 42.4 Å². The Morgan fingerprint density at radius 3 is 2.83 bits per heavy atom. The Hall–Kier alpha value is -1.49. The third-order valence-corrected chi connectivity index (χ3v) is 8.04. The molecule has 160 valence electrons. The summed E-state index contributed by atoms with van der Waals surface area (Å²) in [6.45, 7) is 2.40. The van der Waals surface area contributed by atoms with Crippen LogP contribution in [-0.2, 0) is 30.8 Å². The molecule has 2 atom stereocenters. The number of hydrogen-bond acceptors (Lipinski definition) is 6. The number of ether oxygens (including phenoxy) is 1. The summed E-state index contributed by atoms with van der Waals surface area (Å²) in [6, 6.07) is 5.40. The Morgan fingerprint density at radius 1 is 1.41 bits per heavy atom. The monoisotopic (exact) mass is 488 g/mol. The first-order valence-corrected chi connectivity index (χ1v) is 12.2. The van der Waals surface area contributed by atoms with E-state index in [2.05, 4.69) is 21.4 Å². The summed E-state index contributed by atoms with van der Waals surface area (Å²) in [6.07, 6.45) is 2.86. The molecule has 0 aliphatic carbocycles. The number of fused-ring (bicyclic) bond motifs is 1. The van der Waals surface area contributed by atoms with Crippen LogP contribution in [0, 0.1) is 0 Å². The Kier molecular flexibility index (Phi) is 6.67. The zero-order chi connectivity index (χ0) is 21.2. The van der Waals surface area contributed by atoms with Gasteiger partial charge in [0.25, 0.3) is 11.8 Å².